The van der Waals surface area contributed by atoms with Gasteiger partial charge in [-0.25, -0.2) is 0 Å². The molecule has 136 valence electrons. The largest absolute Gasteiger partial charge is 0.490 e. The number of aliphatic hydroxyl groups excluding tert-OH is 1. The normalized spacial score (nSPS) is 43.4. The fourth-order valence-electron chi connectivity index (χ4n) is 3.98. The van der Waals surface area contributed by atoms with Crippen molar-refractivity contribution < 1.29 is 23.9 Å². The standard InChI is InChI=1S/C18H31BO5/c1-11(2)21-14-13(20)17(7)9-12(10-18(14,8)22-17)19-23-15(3,4)16(5,6)24-19/h10-11,13-14,20H,9H2,1-8H3/t13-,14+,17+,18-/m1/s1. The molecule has 0 aromatic heterocycles. The first-order valence-corrected chi connectivity index (χ1v) is 8.91. The molecule has 4 atom stereocenters. The molecule has 0 radical (unpaired) electrons. The van der Waals surface area contributed by atoms with Crippen LogP contribution in [0.4, 0.5) is 0 Å². The first kappa shape index (κ1) is 18.4. The van der Waals surface area contributed by atoms with Crippen LogP contribution >= 0.6 is 0 Å². The molecule has 3 aliphatic rings. The zero-order chi connectivity index (χ0) is 18.1. The van der Waals surface area contributed by atoms with E-state index < -0.39 is 30.5 Å². The summed E-state index contributed by atoms with van der Waals surface area (Å²) in [7, 11) is -0.414. The zero-order valence-corrected chi connectivity index (χ0v) is 16.2. The minimum Gasteiger partial charge on any atom is -0.400 e. The van der Waals surface area contributed by atoms with E-state index in [-0.39, 0.29) is 17.3 Å². The van der Waals surface area contributed by atoms with Gasteiger partial charge in [0.25, 0.3) is 0 Å². The van der Waals surface area contributed by atoms with Gasteiger partial charge >= 0.3 is 7.12 Å². The molecule has 0 aliphatic carbocycles. The third-order valence-corrected chi connectivity index (χ3v) is 5.93. The Morgan fingerprint density at radius 1 is 1.12 bits per heavy atom. The van der Waals surface area contributed by atoms with E-state index in [2.05, 4.69) is 0 Å². The van der Waals surface area contributed by atoms with E-state index in [1.54, 1.807) is 0 Å². The number of ether oxygens (including phenoxy) is 2. The SMILES string of the molecule is CC(C)O[C@H]1[C@@H](O)[C@]2(C)CC(B3OC(C)(C)C(C)(C)O3)=C[C@@]1(C)O2. The van der Waals surface area contributed by atoms with Crippen LogP contribution in [0, 0.1) is 0 Å². The molecule has 0 aromatic carbocycles. The second-order valence-electron chi connectivity index (χ2n) is 9.13. The molecule has 2 fully saturated rings. The van der Waals surface area contributed by atoms with Crippen molar-refractivity contribution in [3.8, 4) is 0 Å². The summed E-state index contributed by atoms with van der Waals surface area (Å²) in [6.45, 7) is 16.0. The molecule has 3 heterocycles. The highest BCUT2D eigenvalue weighted by Gasteiger charge is 2.63. The van der Waals surface area contributed by atoms with E-state index in [0.717, 1.165) is 5.47 Å². The lowest BCUT2D eigenvalue weighted by Crippen LogP contribution is -2.43. The molecule has 0 unspecified atom stereocenters. The van der Waals surface area contributed by atoms with Crippen molar-refractivity contribution in [2.75, 3.05) is 0 Å². The summed E-state index contributed by atoms with van der Waals surface area (Å²) >= 11 is 0. The second kappa shape index (κ2) is 5.30. The summed E-state index contributed by atoms with van der Waals surface area (Å²) in [6.07, 6.45) is 1.53. The van der Waals surface area contributed by atoms with Crippen LogP contribution in [0.5, 0.6) is 0 Å². The molecule has 6 heteroatoms. The van der Waals surface area contributed by atoms with Crippen molar-refractivity contribution in [2.45, 2.75) is 103 Å². The van der Waals surface area contributed by atoms with E-state index >= 15 is 0 Å². The average molecular weight is 338 g/mol. The van der Waals surface area contributed by atoms with Gasteiger partial charge in [0.2, 0.25) is 0 Å². The number of hydrogen-bond donors (Lipinski definition) is 1. The minimum atomic E-state index is -0.693. The molecule has 0 spiro atoms. The first-order chi connectivity index (χ1) is 10.8. The third-order valence-electron chi connectivity index (χ3n) is 5.93. The summed E-state index contributed by atoms with van der Waals surface area (Å²) in [5.74, 6) is 0. The lowest BCUT2D eigenvalue weighted by atomic mass is 9.71. The molecule has 3 aliphatic heterocycles. The summed E-state index contributed by atoms with van der Waals surface area (Å²) in [5, 5.41) is 10.8. The maximum atomic E-state index is 10.8. The van der Waals surface area contributed by atoms with E-state index in [1.165, 1.54) is 0 Å². The maximum absolute atomic E-state index is 10.8. The van der Waals surface area contributed by atoms with Gasteiger partial charge in [0.15, 0.2) is 0 Å². The van der Waals surface area contributed by atoms with E-state index in [4.69, 9.17) is 18.8 Å². The lowest BCUT2D eigenvalue weighted by Gasteiger charge is -2.36. The van der Waals surface area contributed by atoms with Gasteiger partial charge in [0, 0.05) is 0 Å². The van der Waals surface area contributed by atoms with Gasteiger partial charge in [-0.3, -0.25) is 0 Å². The molecule has 0 aromatic rings. The fourth-order valence-corrected chi connectivity index (χ4v) is 3.98. The van der Waals surface area contributed by atoms with Crippen molar-refractivity contribution in [1.29, 1.82) is 0 Å². The predicted molar refractivity (Wildman–Crippen MR) is 92.7 cm³/mol. The molecule has 1 N–H and O–H groups in total. The van der Waals surface area contributed by atoms with Crippen LogP contribution in [-0.4, -0.2) is 52.9 Å². The Kier molecular flexibility index (Phi) is 4.07. The van der Waals surface area contributed by atoms with Gasteiger partial charge in [0.05, 0.1) is 22.9 Å². The Labute approximate surface area is 145 Å². The van der Waals surface area contributed by atoms with Crippen molar-refractivity contribution >= 4 is 7.12 Å². The van der Waals surface area contributed by atoms with Gasteiger partial charge in [0.1, 0.15) is 17.8 Å². The molecule has 0 amide bonds. The van der Waals surface area contributed by atoms with Crippen molar-refractivity contribution in [3.05, 3.63) is 11.5 Å². The van der Waals surface area contributed by atoms with Crippen LogP contribution in [0.25, 0.3) is 0 Å². The maximum Gasteiger partial charge on any atom is 0.490 e. The molecular weight excluding hydrogens is 307 g/mol. The Balaban J connectivity index is 1.92. The average Bonchev–Trinajstić information content (AvgIpc) is 2.69. The van der Waals surface area contributed by atoms with Gasteiger partial charge < -0.3 is 23.9 Å². The fraction of sp³-hybridized carbons (Fsp3) is 0.889. The monoisotopic (exact) mass is 338 g/mol. The number of hydrogen-bond acceptors (Lipinski definition) is 5. The Hall–Kier alpha value is -0.395. The van der Waals surface area contributed by atoms with Gasteiger partial charge in [-0.2, -0.15) is 0 Å². The summed E-state index contributed by atoms with van der Waals surface area (Å²) < 4.78 is 24.6. The van der Waals surface area contributed by atoms with Crippen LogP contribution in [0.3, 0.4) is 0 Å². The van der Waals surface area contributed by atoms with E-state index in [1.807, 2.05) is 61.5 Å². The van der Waals surface area contributed by atoms with Crippen LogP contribution in [-0.2, 0) is 18.8 Å². The molecule has 3 rings (SSSR count). The highest BCUT2D eigenvalue weighted by molar-refractivity contribution is 6.54. The summed E-state index contributed by atoms with van der Waals surface area (Å²) in [6, 6.07) is 0. The molecule has 2 saturated heterocycles. The van der Waals surface area contributed by atoms with Crippen molar-refractivity contribution in [3.63, 3.8) is 0 Å². The minimum absolute atomic E-state index is 0.0155. The lowest BCUT2D eigenvalue weighted by molar-refractivity contribution is -0.108. The Bertz CT molecular complexity index is 542. The molecule has 0 saturated carbocycles. The number of rotatable bonds is 3. The van der Waals surface area contributed by atoms with Crippen LogP contribution in [0.2, 0.25) is 0 Å². The smallest absolute Gasteiger partial charge is 0.400 e. The van der Waals surface area contributed by atoms with Crippen LogP contribution < -0.4 is 0 Å². The topological polar surface area (TPSA) is 57.2 Å². The summed E-state index contributed by atoms with van der Waals surface area (Å²) in [5.41, 5.74) is -1.12. The second-order valence-corrected chi connectivity index (χ2v) is 9.13. The Morgan fingerprint density at radius 3 is 2.17 bits per heavy atom. The van der Waals surface area contributed by atoms with Crippen molar-refractivity contribution in [1.82, 2.24) is 0 Å². The highest BCUT2D eigenvalue weighted by Crippen LogP contribution is 2.50. The Morgan fingerprint density at radius 2 is 1.67 bits per heavy atom. The van der Waals surface area contributed by atoms with E-state index in [0.29, 0.717) is 6.42 Å². The van der Waals surface area contributed by atoms with Crippen LogP contribution in [0.1, 0.15) is 61.8 Å². The highest BCUT2D eigenvalue weighted by atomic mass is 16.7. The molecule has 2 bridgehead atoms. The predicted octanol–water partition coefficient (Wildman–Crippen LogP) is 2.65. The van der Waals surface area contributed by atoms with E-state index in [9.17, 15) is 5.11 Å². The number of aliphatic hydroxyl groups is 1. The third kappa shape index (κ3) is 2.67. The van der Waals surface area contributed by atoms with Gasteiger partial charge in [-0.15, -0.1) is 0 Å². The summed E-state index contributed by atoms with van der Waals surface area (Å²) in [4.78, 5) is 0. The quantitative estimate of drug-likeness (QED) is 0.802. The molecule has 5 nitrogen and oxygen atoms in total. The molecular formula is C18H31BO5. The number of fused-ring (bicyclic) bond motifs is 2. The van der Waals surface area contributed by atoms with Gasteiger partial charge in [-0.1, -0.05) is 6.08 Å². The molecule has 24 heavy (non-hydrogen) atoms. The zero-order valence-electron chi connectivity index (χ0n) is 16.2. The van der Waals surface area contributed by atoms with Gasteiger partial charge in [-0.05, 0) is 67.3 Å². The van der Waals surface area contributed by atoms with Crippen molar-refractivity contribution in [2.24, 2.45) is 0 Å². The first-order valence-electron chi connectivity index (χ1n) is 8.91. The van der Waals surface area contributed by atoms with Crippen LogP contribution in [0.15, 0.2) is 11.5 Å².